The molecule has 0 N–H and O–H groups in total. The first-order valence-corrected chi connectivity index (χ1v) is 5.33. The SMILES string of the molecule is CCC(C)C(=O)OCCC(=O)OC(C)C. The molecule has 0 rings (SSSR count). The number of rotatable bonds is 6. The number of carbonyl (C=O) groups is 2. The molecule has 0 saturated heterocycles. The van der Waals surface area contributed by atoms with E-state index in [0.29, 0.717) is 0 Å². The minimum atomic E-state index is -0.332. The first-order valence-electron chi connectivity index (χ1n) is 5.33. The van der Waals surface area contributed by atoms with E-state index in [4.69, 9.17) is 9.47 Å². The van der Waals surface area contributed by atoms with E-state index < -0.39 is 0 Å². The Morgan fingerprint density at radius 2 is 1.80 bits per heavy atom. The van der Waals surface area contributed by atoms with Gasteiger partial charge in [-0.05, 0) is 20.3 Å². The minimum absolute atomic E-state index is 0.105. The van der Waals surface area contributed by atoms with E-state index in [1.165, 1.54) is 0 Å². The largest absolute Gasteiger partial charge is 0.465 e. The summed E-state index contributed by atoms with van der Waals surface area (Å²) in [5, 5.41) is 0. The fourth-order valence-corrected chi connectivity index (χ4v) is 0.866. The van der Waals surface area contributed by atoms with Crippen LogP contribution < -0.4 is 0 Å². The van der Waals surface area contributed by atoms with Crippen molar-refractivity contribution in [2.45, 2.75) is 46.6 Å². The van der Waals surface area contributed by atoms with E-state index in [2.05, 4.69) is 0 Å². The monoisotopic (exact) mass is 216 g/mol. The highest BCUT2D eigenvalue weighted by Gasteiger charge is 2.13. The molecule has 0 bridgehead atoms. The molecular weight excluding hydrogens is 196 g/mol. The lowest BCUT2D eigenvalue weighted by molar-refractivity contribution is -0.153. The lowest BCUT2D eigenvalue weighted by Gasteiger charge is -2.10. The number of hydrogen-bond donors (Lipinski definition) is 0. The molecule has 0 aliphatic heterocycles. The fourth-order valence-electron chi connectivity index (χ4n) is 0.866. The van der Waals surface area contributed by atoms with Crippen LogP contribution in [0, 0.1) is 5.92 Å². The Kier molecular flexibility index (Phi) is 6.75. The molecule has 0 aliphatic rings. The summed E-state index contributed by atoms with van der Waals surface area (Å²) in [4.78, 5) is 22.3. The molecule has 0 fully saturated rings. The quantitative estimate of drug-likeness (QED) is 0.636. The lowest BCUT2D eigenvalue weighted by atomic mass is 10.1. The minimum Gasteiger partial charge on any atom is -0.465 e. The third-order valence-electron chi connectivity index (χ3n) is 1.93. The molecule has 0 amide bonds. The highest BCUT2D eigenvalue weighted by molar-refractivity contribution is 5.73. The Hall–Kier alpha value is -1.06. The van der Waals surface area contributed by atoms with Crippen molar-refractivity contribution in [2.75, 3.05) is 6.61 Å². The van der Waals surface area contributed by atoms with Gasteiger partial charge in [-0.1, -0.05) is 13.8 Å². The van der Waals surface area contributed by atoms with Crippen LogP contribution in [0.15, 0.2) is 0 Å². The van der Waals surface area contributed by atoms with Crippen molar-refractivity contribution in [3.8, 4) is 0 Å². The molecular formula is C11H20O4. The fraction of sp³-hybridized carbons (Fsp3) is 0.818. The summed E-state index contributed by atoms with van der Waals surface area (Å²) in [6.45, 7) is 7.38. The van der Waals surface area contributed by atoms with Gasteiger partial charge in [-0.3, -0.25) is 9.59 Å². The van der Waals surface area contributed by atoms with Gasteiger partial charge in [0.15, 0.2) is 0 Å². The molecule has 1 unspecified atom stereocenters. The van der Waals surface area contributed by atoms with Crippen molar-refractivity contribution in [3.63, 3.8) is 0 Å². The van der Waals surface area contributed by atoms with Crippen molar-refractivity contribution in [1.29, 1.82) is 0 Å². The van der Waals surface area contributed by atoms with Crippen LogP contribution in [0.5, 0.6) is 0 Å². The summed E-state index contributed by atoms with van der Waals surface area (Å²) in [5.41, 5.74) is 0. The molecule has 1 atom stereocenters. The summed E-state index contributed by atoms with van der Waals surface area (Å²) in [6.07, 6.45) is 0.748. The summed E-state index contributed by atoms with van der Waals surface area (Å²) < 4.78 is 9.80. The molecule has 15 heavy (non-hydrogen) atoms. The van der Waals surface area contributed by atoms with Crippen LogP contribution in [0.4, 0.5) is 0 Å². The average molecular weight is 216 g/mol. The molecule has 88 valence electrons. The van der Waals surface area contributed by atoms with Crippen LogP contribution in [0.25, 0.3) is 0 Å². The van der Waals surface area contributed by atoms with Crippen molar-refractivity contribution in [2.24, 2.45) is 5.92 Å². The average Bonchev–Trinajstić information content (AvgIpc) is 2.15. The molecule has 0 aliphatic carbocycles. The highest BCUT2D eigenvalue weighted by Crippen LogP contribution is 2.03. The van der Waals surface area contributed by atoms with E-state index in [-0.39, 0.29) is 37.0 Å². The molecule has 0 aromatic rings. The van der Waals surface area contributed by atoms with Gasteiger partial charge in [0.25, 0.3) is 0 Å². The van der Waals surface area contributed by atoms with E-state index in [9.17, 15) is 9.59 Å². The van der Waals surface area contributed by atoms with Gasteiger partial charge in [0, 0.05) is 0 Å². The Labute approximate surface area is 90.9 Å². The van der Waals surface area contributed by atoms with Crippen LogP contribution in [0.3, 0.4) is 0 Å². The van der Waals surface area contributed by atoms with Gasteiger partial charge in [-0.25, -0.2) is 0 Å². The summed E-state index contributed by atoms with van der Waals surface area (Å²) in [6, 6.07) is 0. The standard InChI is InChI=1S/C11H20O4/c1-5-9(4)11(13)14-7-6-10(12)15-8(2)3/h8-9H,5-7H2,1-4H3. The van der Waals surface area contributed by atoms with Crippen LogP contribution in [0.2, 0.25) is 0 Å². The zero-order chi connectivity index (χ0) is 11.8. The van der Waals surface area contributed by atoms with Crippen LogP contribution in [-0.4, -0.2) is 24.6 Å². The Bertz CT molecular complexity index is 211. The van der Waals surface area contributed by atoms with E-state index in [0.717, 1.165) is 6.42 Å². The summed E-state index contributed by atoms with van der Waals surface area (Å²) in [5.74, 6) is -0.692. The maximum absolute atomic E-state index is 11.2. The molecule has 0 saturated carbocycles. The first kappa shape index (κ1) is 13.9. The maximum atomic E-state index is 11.2. The van der Waals surface area contributed by atoms with Gasteiger partial charge in [0.05, 0.1) is 18.4 Å². The number of esters is 2. The zero-order valence-electron chi connectivity index (χ0n) is 9.91. The predicted molar refractivity (Wildman–Crippen MR) is 56.3 cm³/mol. The van der Waals surface area contributed by atoms with Gasteiger partial charge in [-0.15, -0.1) is 0 Å². The predicted octanol–water partition coefficient (Wildman–Crippen LogP) is 1.92. The zero-order valence-corrected chi connectivity index (χ0v) is 9.91. The van der Waals surface area contributed by atoms with Gasteiger partial charge in [0.2, 0.25) is 0 Å². The van der Waals surface area contributed by atoms with Crippen LogP contribution >= 0.6 is 0 Å². The Balaban J connectivity index is 3.61. The second-order valence-electron chi connectivity index (χ2n) is 3.77. The molecule has 0 aromatic carbocycles. The van der Waals surface area contributed by atoms with E-state index in [1.807, 2.05) is 6.92 Å². The van der Waals surface area contributed by atoms with Gasteiger partial charge in [-0.2, -0.15) is 0 Å². The molecule has 4 heteroatoms. The topological polar surface area (TPSA) is 52.6 Å². The second kappa shape index (κ2) is 7.26. The Morgan fingerprint density at radius 1 is 1.20 bits per heavy atom. The smallest absolute Gasteiger partial charge is 0.309 e. The number of hydrogen-bond acceptors (Lipinski definition) is 4. The van der Waals surface area contributed by atoms with Crippen molar-refractivity contribution < 1.29 is 19.1 Å². The number of carbonyl (C=O) groups excluding carboxylic acids is 2. The third-order valence-corrected chi connectivity index (χ3v) is 1.93. The molecule has 0 heterocycles. The molecule has 0 spiro atoms. The van der Waals surface area contributed by atoms with Gasteiger partial charge in [0.1, 0.15) is 6.61 Å². The van der Waals surface area contributed by atoms with Crippen molar-refractivity contribution in [1.82, 2.24) is 0 Å². The second-order valence-corrected chi connectivity index (χ2v) is 3.77. The first-order chi connectivity index (χ1) is 6.97. The number of ether oxygens (including phenoxy) is 2. The van der Waals surface area contributed by atoms with Crippen molar-refractivity contribution >= 4 is 11.9 Å². The van der Waals surface area contributed by atoms with Gasteiger partial charge >= 0.3 is 11.9 Å². The summed E-state index contributed by atoms with van der Waals surface area (Å²) >= 11 is 0. The van der Waals surface area contributed by atoms with Crippen molar-refractivity contribution in [3.05, 3.63) is 0 Å². The Morgan fingerprint density at radius 3 is 2.27 bits per heavy atom. The molecule has 0 aromatic heterocycles. The maximum Gasteiger partial charge on any atom is 0.309 e. The van der Waals surface area contributed by atoms with Crippen LogP contribution in [-0.2, 0) is 19.1 Å². The van der Waals surface area contributed by atoms with Crippen LogP contribution in [0.1, 0.15) is 40.5 Å². The van der Waals surface area contributed by atoms with Gasteiger partial charge < -0.3 is 9.47 Å². The third kappa shape index (κ3) is 6.94. The molecule has 4 nitrogen and oxygen atoms in total. The lowest BCUT2D eigenvalue weighted by Crippen LogP contribution is -2.18. The highest BCUT2D eigenvalue weighted by atomic mass is 16.6. The van der Waals surface area contributed by atoms with E-state index >= 15 is 0 Å². The molecule has 0 radical (unpaired) electrons. The normalized spacial score (nSPS) is 12.3. The van der Waals surface area contributed by atoms with E-state index in [1.54, 1.807) is 20.8 Å². The summed E-state index contributed by atoms with van der Waals surface area (Å²) in [7, 11) is 0.